The number of carbonyl (C=O) groups is 1. The number of hydrogen-bond donors (Lipinski definition) is 3. The van der Waals surface area contributed by atoms with Crippen molar-refractivity contribution in [2.45, 2.75) is 283 Å². The van der Waals surface area contributed by atoms with Gasteiger partial charge in [-0.15, -0.1) is 0 Å². The summed E-state index contributed by atoms with van der Waals surface area (Å²) in [7, 11) is 1.56. The highest BCUT2D eigenvalue weighted by Crippen LogP contribution is 2.43. The van der Waals surface area contributed by atoms with Crippen LogP contribution in [-0.4, -0.2) is 73.4 Å². The van der Waals surface area contributed by atoms with Gasteiger partial charge in [0.05, 0.1) is 39.9 Å². The van der Waals surface area contributed by atoms with Crippen LogP contribution in [0.25, 0.3) is 0 Å². The number of phosphoric acid groups is 1. The lowest BCUT2D eigenvalue weighted by atomic mass is 10.0. The van der Waals surface area contributed by atoms with Gasteiger partial charge < -0.3 is 19.8 Å². The number of allylic oxidation sites excluding steroid dienone is 5. The van der Waals surface area contributed by atoms with Crippen LogP contribution in [0.5, 0.6) is 0 Å². The number of phosphoric ester groups is 1. The second-order valence-corrected chi connectivity index (χ2v) is 22.1. The lowest BCUT2D eigenvalue weighted by Crippen LogP contribution is -2.45. The molecule has 3 N–H and O–H groups in total. The molecule has 0 aliphatic heterocycles. The van der Waals surface area contributed by atoms with Crippen LogP contribution in [0, 0.1) is 0 Å². The Labute approximate surface area is 410 Å². The Balaban J connectivity index is 4.26. The van der Waals surface area contributed by atoms with Gasteiger partial charge in [-0.05, 0) is 44.9 Å². The van der Waals surface area contributed by atoms with Crippen LogP contribution in [0.4, 0.5) is 0 Å². The van der Waals surface area contributed by atoms with Crippen molar-refractivity contribution in [1.29, 1.82) is 0 Å². The number of carbonyl (C=O) groups excluding carboxylic acids is 1. The standard InChI is InChI=1S/C57H111N2O6P/c1-6-8-10-12-14-16-18-20-22-24-25-26-27-28-29-30-31-32-33-35-36-38-40-42-44-46-48-50-56(60)55(54-65-66(62,63)64-53-52-59(3,4)5)58-57(61)51-49-47-45-43-41-39-37-34-23-21-19-17-15-13-11-9-7-2/h33,35,40,42,48,50,55-56,60H,6-32,34,36-39,41,43-47,49,51-54H2,1-5H3,(H-,58,61,62,63)/p+1/b35-33+,42-40+,50-48+. The molecule has 0 spiro atoms. The molecule has 0 aromatic carbocycles. The molecule has 390 valence electrons. The Morgan fingerprint density at radius 1 is 0.500 bits per heavy atom. The molecule has 3 atom stereocenters. The van der Waals surface area contributed by atoms with E-state index in [0.29, 0.717) is 17.4 Å². The third-order valence-electron chi connectivity index (χ3n) is 12.8. The highest BCUT2D eigenvalue weighted by Gasteiger charge is 2.27. The summed E-state index contributed by atoms with van der Waals surface area (Å²) in [6.07, 6.45) is 62.5. The predicted octanol–water partition coefficient (Wildman–Crippen LogP) is 17.0. The number of amides is 1. The molecule has 9 heteroatoms. The Hall–Kier alpha value is -1.28. The number of aliphatic hydroxyl groups is 1. The topological polar surface area (TPSA) is 105 Å². The van der Waals surface area contributed by atoms with Crippen molar-refractivity contribution in [3.05, 3.63) is 36.5 Å². The van der Waals surface area contributed by atoms with Crippen LogP contribution in [-0.2, 0) is 18.4 Å². The van der Waals surface area contributed by atoms with E-state index >= 15 is 0 Å². The van der Waals surface area contributed by atoms with E-state index in [1.54, 1.807) is 6.08 Å². The molecule has 0 rings (SSSR count). The fourth-order valence-electron chi connectivity index (χ4n) is 8.37. The van der Waals surface area contributed by atoms with Gasteiger partial charge in [0.25, 0.3) is 0 Å². The molecule has 0 aromatic rings. The summed E-state index contributed by atoms with van der Waals surface area (Å²) in [5.41, 5.74) is 0. The molecule has 0 aromatic heterocycles. The molecule has 8 nitrogen and oxygen atoms in total. The van der Waals surface area contributed by atoms with Crippen molar-refractivity contribution in [3.63, 3.8) is 0 Å². The Kier molecular flexibility index (Phi) is 47.8. The maximum Gasteiger partial charge on any atom is 0.472 e. The molecular weight excluding hydrogens is 840 g/mol. The fourth-order valence-corrected chi connectivity index (χ4v) is 9.11. The van der Waals surface area contributed by atoms with Gasteiger partial charge >= 0.3 is 7.82 Å². The number of likely N-dealkylation sites (N-methyl/N-ethyl adjacent to an activating group) is 1. The fraction of sp³-hybridized carbons (Fsp3) is 0.877. The summed E-state index contributed by atoms with van der Waals surface area (Å²) in [5, 5.41) is 13.9. The zero-order chi connectivity index (χ0) is 48.5. The van der Waals surface area contributed by atoms with Gasteiger partial charge in [-0.25, -0.2) is 4.57 Å². The molecule has 0 saturated carbocycles. The van der Waals surface area contributed by atoms with E-state index in [9.17, 15) is 19.4 Å². The molecule has 0 aliphatic rings. The van der Waals surface area contributed by atoms with Crippen molar-refractivity contribution < 1.29 is 32.9 Å². The normalized spacial score (nSPS) is 14.2. The number of nitrogens with one attached hydrogen (secondary N) is 1. The number of quaternary nitrogens is 1. The van der Waals surface area contributed by atoms with E-state index in [0.717, 1.165) is 44.9 Å². The first-order valence-electron chi connectivity index (χ1n) is 28.4. The summed E-state index contributed by atoms with van der Waals surface area (Å²) in [6.45, 7) is 4.82. The van der Waals surface area contributed by atoms with Gasteiger partial charge in [0.1, 0.15) is 13.2 Å². The van der Waals surface area contributed by atoms with Crippen LogP contribution in [0.1, 0.15) is 271 Å². The van der Waals surface area contributed by atoms with Crippen LogP contribution in [0.15, 0.2) is 36.5 Å². The first kappa shape index (κ1) is 64.7. The maximum atomic E-state index is 12.9. The van der Waals surface area contributed by atoms with Crippen LogP contribution in [0.2, 0.25) is 0 Å². The largest absolute Gasteiger partial charge is 0.472 e. The maximum absolute atomic E-state index is 12.9. The molecule has 1 amide bonds. The molecular formula is C57H112N2O6P+. The average molecular weight is 953 g/mol. The number of unbranched alkanes of at least 4 members (excludes halogenated alkanes) is 35. The second-order valence-electron chi connectivity index (χ2n) is 20.7. The summed E-state index contributed by atoms with van der Waals surface area (Å²) in [4.78, 5) is 23.2. The lowest BCUT2D eigenvalue weighted by molar-refractivity contribution is -0.870. The minimum Gasteiger partial charge on any atom is -0.387 e. The Morgan fingerprint density at radius 2 is 0.833 bits per heavy atom. The number of nitrogens with zero attached hydrogens (tertiary/aromatic N) is 1. The van der Waals surface area contributed by atoms with Crippen LogP contribution in [0.3, 0.4) is 0 Å². The summed E-state index contributed by atoms with van der Waals surface area (Å²) < 4.78 is 23.7. The Bertz CT molecular complexity index is 1170. The van der Waals surface area contributed by atoms with E-state index in [2.05, 4.69) is 43.5 Å². The van der Waals surface area contributed by atoms with E-state index in [4.69, 9.17) is 9.05 Å². The summed E-state index contributed by atoms with van der Waals surface area (Å²) in [6, 6.07) is -0.867. The second kappa shape index (κ2) is 48.7. The van der Waals surface area contributed by atoms with E-state index in [1.165, 1.54) is 205 Å². The average Bonchev–Trinajstić information content (AvgIpc) is 3.28. The molecule has 0 saturated heterocycles. The van der Waals surface area contributed by atoms with Gasteiger partial charge in [-0.3, -0.25) is 13.8 Å². The molecule has 0 fully saturated rings. The van der Waals surface area contributed by atoms with Gasteiger partial charge in [-0.2, -0.15) is 0 Å². The summed E-state index contributed by atoms with van der Waals surface area (Å²) in [5.74, 6) is -0.187. The Morgan fingerprint density at radius 3 is 1.21 bits per heavy atom. The SMILES string of the molecule is CCCCCCCCCCCCCCCCCCC/C=C/CC/C=C/CC/C=C/C(O)C(COP(=O)(O)OCC[N+](C)(C)C)NC(=O)CCCCCCCCCCCCCCCCCCC. The van der Waals surface area contributed by atoms with E-state index in [1.807, 2.05) is 27.2 Å². The minimum atomic E-state index is -4.35. The monoisotopic (exact) mass is 952 g/mol. The third-order valence-corrected chi connectivity index (χ3v) is 13.8. The van der Waals surface area contributed by atoms with E-state index < -0.39 is 20.0 Å². The number of hydrogen-bond acceptors (Lipinski definition) is 5. The van der Waals surface area contributed by atoms with Crippen molar-refractivity contribution in [2.75, 3.05) is 40.9 Å². The number of rotatable bonds is 52. The van der Waals surface area contributed by atoms with Crippen LogP contribution >= 0.6 is 7.82 Å². The molecule has 0 bridgehead atoms. The van der Waals surface area contributed by atoms with Crippen molar-refractivity contribution in [1.82, 2.24) is 5.32 Å². The zero-order valence-corrected chi connectivity index (χ0v) is 45.3. The van der Waals surface area contributed by atoms with Gasteiger partial charge in [0.15, 0.2) is 0 Å². The first-order valence-corrected chi connectivity index (χ1v) is 29.9. The summed E-state index contributed by atoms with van der Waals surface area (Å²) >= 11 is 0. The molecule has 3 unspecified atom stereocenters. The minimum absolute atomic E-state index is 0.0550. The molecule has 0 heterocycles. The van der Waals surface area contributed by atoms with Crippen molar-refractivity contribution in [3.8, 4) is 0 Å². The molecule has 0 aliphatic carbocycles. The smallest absolute Gasteiger partial charge is 0.387 e. The van der Waals surface area contributed by atoms with Crippen LogP contribution < -0.4 is 5.32 Å². The van der Waals surface area contributed by atoms with Gasteiger partial charge in [-0.1, -0.05) is 256 Å². The lowest BCUT2D eigenvalue weighted by Gasteiger charge is -2.25. The van der Waals surface area contributed by atoms with Gasteiger partial charge in [0.2, 0.25) is 5.91 Å². The highest BCUT2D eigenvalue weighted by molar-refractivity contribution is 7.47. The van der Waals surface area contributed by atoms with Crippen molar-refractivity contribution in [2.24, 2.45) is 0 Å². The molecule has 0 radical (unpaired) electrons. The first-order chi connectivity index (χ1) is 32.0. The zero-order valence-electron chi connectivity index (χ0n) is 44.4. The van der Waals surface area contributed by atoms with Crippen molar-refractivity contribution >= 4 is 13.7 Å². The third kappa shape index (κ3) is 50.6. The highest BCUT2D eigenvalue weighted by atomic mass is 31.2. The number of aliphatic hydroxyl groups excluding tert-OH is 1. The quantitative estimate of drug-likeness (QED) is 0.0243. The molecule has 66 heavy (non-hydrogen) atoms. The van der Waals surface area contributed by atoms with Gasteiger partial charge in [0, 0.05) is 6.42 Å². The van der Waals surface area contributed by atoms with E-state index in [-0.39, 0.29) is 19.1 Å². The predicted molar refractivity (Wildman–Crippen MR) is 286 cm³/mol.